The maximum atomic E-state index is 13.1. The van der Waals surface area contributed by atoms with Crippen molar-refractivity contribution in [3.63, 3.8) is 0 Å². The summed E-state index contributed by atoms with van der Waals surface area (Å²) in [4.78, 5) is 29.9. The van der Waals surface area contributed by atoms with Crippen molar-refractivity contribution < 1.29 is 14.3 Å². The van der Waals surface area contributed by atoms with Crippen molar-refractivity contribution in [2.24, 2.45) is 0 Å². The number of rotatable bonds is 7. The lowest BCUT2D eigenvalue weighted by atomic mass is 10.1. The van der Waals surface area contributed by atoms with Gasteiger partial charge in [0.15, 0.2) is 0 Å². The molecule has 0 atom stereocenters. The molecule has 4 rings (SSSR count). The molecule has 160 valence electrons. The molecule has 1 saturated heterocycles. The second-order valence-corrected chi connectivity index (χ2v) is 8.44. The van der Waals surface area contributed by atoms with Gasteiger partial charge in [0.05, 0.1) is 13.5 Å². The first-order valence-electron chi connectivity index (χ1n) is 10.2. The van der Waals surface area contributed by atoms with Crippen LogP contribution >= 0.6 is 11.3 Å². The molecule has 0 bridgehead atoms. The van der Waals surface area contributed by atoms with Crippen LogP contribution in [0.1, 0.15) is 16.9 Å². The highest BCUT2D eigenvalue weighted by molar-refractivity contribution is 7.10. The predicted octanol–water partition coefficient (Wildman–Crippen LogP) is 4.77. The summed E-state index contributed by atoms with van der Waals surface area (Å²) in [6.07, 6.45) is 1.27. The molecular formula is C24H25N3O3S. The highest BCUT2D eigenvalue weighted by Crippen LogP contribution is 2.24. The van der Waals surface area contributed by atoms with E-state index < -0.39 is 0 Å². The van der Waals surface area contributed by atoms with Gasteiger partial charge in [-0.1, -0.05) is 18.2 Å². The fourth-order valence-electron chi connectivity index (χ4n) is 3.62. The van der Waals surface area contributed by atoms with Crippen LogP contribution in [0.25, 0.3) is 0 Å². The van der Waals surface area contributed by atoms with Crippen LogP contribution in [-0.4, -0.2) is 37.0 Å². The molecule has 2 heterocycles. The number of carbonyl (C=O) groups excluding carboxylic acids is 2. The summed E-state index contributed by atoms with van der Waals surface area (Å²) >= 11 is 1.57. The molecule has 3 aromatic rings. The van der Waals surface area contributed by atoms with Crippen molar-refractivity contribution in [3.05, 3.63) is 76.5 Å². The molecule has 1 aliphatic heterocycles. The van der Waals surface area contributed by atoms with Crippen molar-refractivity contribution in [2.45, 2.75) is 19.4 Å². The average Bonchev–Trinajstić information content (AvgIpc) is 3.29. The summed E-state index contributed by atoms with van der Waals surface area (Å²) in [5.41, 5.74) is 2.63. The number of amides is 3. The lowest BCUT2D eigenvalue weighted by Crippen LogP contribution is -2.49. The summed E-state index contributed by atoms with van der Waals surface area (Å²) in [5.74, 6) is 0.757. The zero-order chi connectivity index (χ0) is 21.6. The molecule has 0 saturated carbocycles. The number of urea groups is 1. The van der Waals surface area contributed by atoms with Crippen LogP contribution in [0, 0.1) is 0 Å². The van der Waals surface area contributed by atoms with E-state index in [1.54, 1.807) is 23.3 Å². The topological polar surface area (TPSA) is 61.9 Å². The fourth-order valence-corrected chi connectivity index (χ4v) is 4.32. The van der Waals surface area contributed by atoms with Gasteiger partial charge in [0.25, 0.3) is 0 Å². The molecular weight excluding hydrogens is 410 g/mol. The molecule has 3 amide bonds. The van der Waals surface area contributed by atoms with Crippen molar-refractivity contribution in [1.29, 1.82) is 0 Å². The minimum Gasteiger partial charge on any atom is -0.497 e. The molecule has 0 aliphatic carbocycles. The number of hydrogen-bond donors (Lipinski definition) is 1. The number of thiophene rings is 1. The number of benzene rings is 2. The van der Waals surface area contributed by atoms with Crippen LogP contribution in [0.5, 0.6) is 5.75 Å². The molecule has 1 N–H and O–H groups in total. The largest absolute Gasteiger partial charge is 0.497 e. The third-order valence-electron chi connectivity index (χ3n) is 5.22. The smallest absolute Gasteiger partial charge is 0.324 e. The van der Waals surface area contributed by atoms with Gasteiger partial charge >= 0.3 is 6.03 Å². The Bertz CT molecular complexity index is 1020. The third-order valence-corrected chi connectivity index (χ3v) is 6.10. The van der Waals surface area contributed by atoms with E-state index in [1.807, 2.05) is 70.9 Å². The van der Waals surface area contributed by atoms with E-state index in [1.165, 1.54) is 0 Å². The number of nitrogens with zero attached hydrogens (tertiary/aromatic N) is 2. The molecule has 7 heteroatoms. The van der Waals surface area contributed by atoms with Gasteiger partial charge in [-0.15, -0.1) is 11.3 Å². The molecule has 1 fully saturated rings. The van der Waals surface area contributed by atoms with Crippen LogP contribution in [0.15, 0.2) is 66.0 Å². The first kappa shape index (κ1) is 20.9. The minimum atomic E-state index is -0.0464. The highest BCUT2D eigenvalue weighted by atomic mass is 32.1. The molecule has 31 heavy (non-hydrogen) atoms. The Morgan fingerprint density at radius 2 is 1.84 bits per heavy atom. The summed E-state index contributed by atoms with van der Waals surface area (Å²) in [6, 6.07) is 19.1. The van der Waals surface area contributed by atoms with Gasteiger partial charge in [-0.25, -0.2) is 4.79 Å². The molecule has 0 spiro atoms. The van der Waals surface area contributed by atoms with Crippen LogP contribution < -0.4 is 15.0 Å². The predicted molar refractivity (Wildman–Crippen MR) is 124 cm³/mol. The van der Waals surface area contributed by atoms with Crippen LogP contribution in [-0.2, 0) is 17.8 Å². The van der Waals surface area contributed by atoms with Gasteiger partial charge in [-0.05, 0) is 59.8 Å². The SMILES string of the molecule is COc1ccc(CN2CCCN(c3ccc(NC(=O)Cc4cccs4)cc3)C2=O)cc1. The second-order valence-electron chi connectivity index (χ2n) is 7.41. The van der Waals surface area contributed by atoms with Crippen LogP contribution in [0.2, 0.25) is 0 Å². The summed E-state index contributed by atoms with van der Waals surface area (Å²) in [5, 5.41) is 4.88. The average molecular weight is 436 g/mol. The number of nitrogens with one attached hydrogen (secondary N) is 1. The lowest BCUT2D eigenvalue weighted by Gasteiger charge is -2.35. The van der Waals surface area contributed by atoms with Crippen molar-refractivity contribution in [1.82, 2.24) is 4.90 Å². The summed E-state index contributed by atoms with van der Waals surface area (Å²) in [7, 11) is 1.64. The zero-order valence-corrected chi connectivity index (χ0v) is 18.2. The Labute approximate surface area is 186 Å². The molecule has 6 nitrogen and oxygen atoms in total. The minimum absolute atomic E-state index is 0.00320. The molecule has 2 aromatic carbocycles. The Morgan fingerprint density at radius 1 is 1.06 bits per heavy atom. The van der Waals surface area contributed by atoms with E-state index in [4.69, 9.17) is 4.74 Å². The number of anilines is 2. The first-order valence-corrected chi connectivity index (χ1v) is 11.1. The van der Waals surface area contributed by atoms with Gasteiger partial charge in [0.1, 0.15) is 5.75 Å². The van der Waals surface area contributed by atoms with Crippen LogP contribution in [0.3, 0.4) is 0 Å². The van der Waals surface area contributed by atoms with Gasteiger partial charge in [0, 0.05) is 35.9 Å². The maximum Gasteiger partial charge on any atom is 0.324 e. The second kappa shape index (κ2) is 9.66. The zero-order valence-electron chi connectivity index (χ0n) is 17.4. The molecule has 0 unspecified atom stereocenters. The van der Waals surface area contributed by atoms with Gasteiger partial charge < -0.3 is 15.0 Å². The van der Waals surface area contributed by atoms with E-state index >= 15 is 0 Å². The van der Waals surface area contributed by atoms with Gasteiger partial charge in [-0.3, -0.25) is 9.69 Å². The fraction of sp³-hybridized carbons (Fsp3) is 0.250. The van der Waals surface area contributed by atoms with E-state index in [9.17, 15) is 9.59 Å². The molecule has 1 aliphatic rings. The van der Waals surface area contributed by atoms with Crippen LogP contribution in [0.4, 0.5) is 16.2 Å². The maximum absolute atomic E-state index is 13.1. The normalized spacial score (nSPS) is 13.9. The Morgan fingerprint density at radius 3 is 2.52 bits per heavy atom. The van der Waals surface area contributed by atoms with Gasteiger partial charge in [0.2, 0.25) is 5.91 Å². The number of carbonyl (C=O) groups is 2. The number of methoxy groups -OCH3 is 1. The number of hydrogen-bond acceptors (Lipinski definition) is 4. The third kappa shape index (κ3) is 5.24. The Kier molecular flexibility index (Phi) is 6.52. The number of ether oxygens (including phenoxy) is 1. The van der Waals surface area contributed by atoms with E-state index in [0.29, 0.717) is 19.5 Å². The van der Waals surface area contributed by atoms with E-state index in [-0.39, 0.29) is 11.9 Å². The summed E-state index contributed by atoms with van der Waals surface area (Å²) < 4.78 is 5.20. The Hall–Kier alpha value is -3.32. The van der Waals surface area contributed by atoms with Crippen molar-refractivity contribution in [3.8, 4) is 5.75 Å². The first-order chi connectivity index (χ1) is 15.1. The lowest BCUT2D eigenvalue weighted by molar-refractivity contribution is -0.115. The molecule has 0 radical (unpaired) electrons. The van der Waals surface area contributed by atoms with E-state index in [0.717, 1.165) is 40.5 Å². The quantitative estimate of drug-likeness (QED) is 0.581. The monoisotopic (exact) mass is 435 g/mol. The Balaban J connectivity index is 1.37. The summed E-state index contributed by atoms with van der Waals surface area (Å²) in [6.45, 7) is 1.98. The van der Waals surface area contributed by atoms with E-state index in [2.05, 4.69) is 5.32 Å². The standard InChI is InChI=1S/C24H25N3O3S/c1-30-21-11-5-18(6-12-21)17-26-13-3-14-27(24(26)29)20-9-7-19(8-10-20)25-23(28)16-22-4-2-15-31-22/h2,4-12,15H,3,13-14,16-17H2,1H3,(H,25,28). The molecule has 1 aromatic heterocycles. The van der Waals surface area contributed by atoms with Crippen molar-refractivity contribution in [2.75, 3.05) is 30.4 Å². The van der Waals surface area contributed by atoms with Gasteiger partial charge in [-0.2, -0.15) is 0 Å². The highest BCUT2D eigenvalue weighted by Gasteiger charge is 2.26. The van der Waals surface area contributed by atoms with Crippen molar-refractivity contribution >= 4 is 34.6 Å².